The molecule has 1 N–H and O–H groups in total. The summed E-state index contributed by atoms with van der Waals surface area (Å²) in [6.45, 7) is 4.37. The number of nitrogens with zero attached hydrogens (tertiary/aromatic N) is 4. The van der Waals surface area contributed by atoms with Crippen molar-refractivity contribution in [3.63, 3.8) is 0 Å². The van der Waals surface area contributed by atoms with Gasteiger partial charge in [0.2, 0.25) is 11.8 Å². The van der Waals surface area contributed by atoms with Gasteiger partial charge in [-0.3, -0.25) is 24.4 Å². The number of fused-ring (bicyclic) bond motifs is 1. The zero-order valence-electron chi connectivity index (χ0n) is 18.5. The summed E-state index contributed by atoms with van der Waals surface area (Å²) in [5.74, 6) is 2.49. The summed E-state index contributed by atoms with van der Waals surface area (Å²) in [4.78, 5) is 40.8. The summed E-state index contributed by atoms with van der Waals surface area (Å²) in [7, 11) is 0. The number of terminal acetylenes is 1. The summed E-state index contributed by atoms with van der Waals surface area (Å²) in [5.41, 5.74) is 3.72. The molecule has 33 heavy (non-hydrogen) atoms. The molecule has 3 aliphatic rings. The molecule has 3 aliphatic heterocycles. The van der Waals surface area contributed by atoms with Crippen LogP contribution >= 0.6 is 0 Å². The fourth-order valence-electron chi connectivity index (χ4n) is 5.09. The number of aromatic nitrogens is 2. The molecule has 8 heteroatoms. The Kier molecular flexibility index (Phi) is 5.73. The van der Waals surface area contributed by atoms with Gasteiger partial charge in [0, 0.05) is 44.4 Å². The molecular weight excluding hydrogens is 418 g/mol. The molecule has 0 saturated carbocycles. The van der Waals surface area contributed by atoms with E-state index < -0.39 is 6.04 Å². The maximum Gasteiger partial charge on any atom is 0.255 e. The van der Waals surface area contributed by atoms with Crippen LogP contribution in [0.4, 0.5) is 0 Å². The van der Waals surface area contributed by atoms with Gasteiger partial charge in [0.15, 0.2) is 0 Å². The number of aryl methyl sites for hydroxylation is 1. The molecule has 4 heterocycles. The second-order valence-corrected chi connectivity index (χ2v) is 9.14. The second kappa shape index (κ2) is 8.83. The normalized spacial score (nSPS) is 21.0. The smallest absolute Gasteiger partial charge is 0.255 e. The predicted octanol–water partition coefficient (Wildman–Crippen LogP) is 1.19. The molecular formula is C25H27N5O3. The van der Waals surface area contributed by atoms with E-state index in [1.165, 1.54) is 5.56 Å². The van der Waals surface area contributed by atoms with E-state index in [1.807, 2.05) is 23.0 Å². The van der Waals surface area contributed by atoms with Crippen molar-refractivity contribution in [3.8, 4) is 12.3 Å². The van der Waals surface area contributed by atoms with Crippen LogP contribution in [-0.4, -0.2) is 63.0 Å². The van der Waals surface area contributed by atoms with E-state index in [0.29, 0.717) is 24.4 Å². The zero-order valence-corrected chi connectivity index (χ0v) is 18.5. The number of carbonyl (C=O) groups excluding carboxylic acids is 3. The molecule has 0 spiro atoms. The minimum Gasteiger partial charge on any atom is -0.322 e. The number of imide groups is 1. The van der Waals surface area contributed by atoms with Gasteiger partial charge in [-0.25, -0.2) is 0 Å². The Labute approximate surface area is 192 Å². The number of hydrogen-bond acceptors (Lipinski definition) is 5. The van der Waals surface area contributed by atoms with E-state index in [0.717, 1.165) is 50.1 Å². The van der Waals surface area contributed by atoms with E-state index in [2.05, 4.69) is 27.3 Å². The summed E-state index contributed by atoms with van der Waals surface area (Å²) in [5, 5.41) is 6.64. The van der Waals surface area contributed by atoms with Gasteiger partial charge in [-0.05, 0) is 42.4 Å². The lowest BCUT2D eigenvalue weighted by Crippen LogP contribution is -2.52. The number of carbonyl (C=O) groups is 3. The van der Waals surface area contributed by atoms with Crippen molar-refractivity contribution in [2.24, 2.45) is 5.92 Å². The van der Waals surface area contributed by atoms with Crippen LogP contribution in [-0.2, 0) is 29.1 Å². The van der Waals surface area contributed by atoms with E-state index in [9.17, 15) is 14.4 Å². The van der Waals surface area contributed by atoms with Crippen LogP contribution in [0.2, 0.25) is 0 Å². The number of benzene rings is 1. The summed E-state index contributed by atoms with van der Waals surface area (Å²) in [6, 6.07) is 5.31. The van der Waals surface area contributed by atoms with Gasteiger partial charge < -0.3 is 9.80 Å². The predicted molar refractivity (Wildman–Crippen MR) is 121 cm³/mol. The van der Waals surface area contributed by atoms with Gasteiger partial charge in [-0.2, -0.15) is 5.10 Å². The van der Waals surface area contributed by atoms with Crippen LogP contribution in [0.3, 0.4) is 0 Å². The molecule has 3 amide bonds. The summed E-state index contributed by atoms with van der Waals surface area (Å²) < 4.78 is 1.89. The Morgan fingerprint density at radius 1 is 1.18 bits per heavy atom. The molecule has 1 aromatic carbocycles. The van der Waals surface area contributed by atoms with Crippen molar-refractivity contribution in [1.82, 2.24) is 24.9 Å². The Hall–Kier alpha value is -3.44. The van der Waals surface area contributed by atoms with E-state index >= 15 is 0 Å². The molecule has 0 radical (unpaired) electrons. The highest BCUT2D eigenvalue weighted by Crippen LogP contribution is 2.31. The molecule has 1 aromatic heterocycles. The van der Waals surface area contributed by atoms with Crippen molar-refractivity contribution < 1.29 is 14.4 Å². The Morgan fingerprint density at radius 3 is 2.79 bits per heavy atom. The highest BCUT2D eigenvalue weighted by molar-refractivity contribution is 6.05. The number of piperidine rings is 1. The Balaban J connectivity index is 1.13. The zero-order chi connectivity index (χ0) is 22.9. The minimum absolute atomic E-state index is 0.109. The fraction of sp³-hybridized carbons (Fsp3) is 0.440. The molecule has 2 saturated heterocycles. The third-order valence-electron chi connectivity index (χ3n) is 6.98. The van der Waals surface area contributed by atoms with Gasteiger partial charge in [0.25, 0.3) is 5.91 Å². The first-order valence-corrected chi connectivity index (χ1v) is 11.5. The van der Waals surface area contributed by atoms with Crippen LogP contribution < -0.4 is 5.32 Å². The maximum atomic E-state index is 13.0. The number of amides is 3. The molecule has 170 valence electrons. The summed E-state index contributed by atoms with van der Waals surface area (Å²) >= 11 is 0. The quantitative estimate of drug-likeness (QED) is 0.511. The van der Waals surface area contributed by atoms with Gasteiger partial charge in [-0.1, -0.05) is 18.1 Å². The van der Waals surface area contributed by atoms with Crippen molar-refractivity contribution in [3.05, 3.63) is 52.8 Å². The lowest BCUT2D eigenvalue weighted by Gasteiger charge is -2.39. The summed E-state index contributed by atoms with van der Waals surface area (Å²) in [6.07, 6.45) is 11.6. The van der Waals surface area contributed by atoms with Crippen molar-refractivity contribution in [1.29, 1.82) is 0 Å². The molecule has 0 aliphatic carbocycles. The third kappa shape index (κ3) is 4.29. The molecule has 0 bridgehead atoms. The topological polar surface area (TPSA) is 87.5 Å². The largest absolute Gasteiger partial charge is 0.322 e. The molecule has 2 fully saturated rings. The Morgan fingerprint density at radius 2 is 2.03 bits per heavy atom. The lowest BCUT2D eigenvalue weighted by atomic mass is 9.90. The van der Waals surface area contributed by atoms with Gasteiger partial charge in [-0.15, -0.1) is 6.42 Å². The van der Waals surface area contributed by atoms with Crippen LogP contribution in [0.25, 0.3) is 0 Å². The molecule has 2 aromatic rings. The molecule has 5 rings (SSSR count). The van der Waals surface area contributed by atoms with Gasteiger partial charge in [0.05, 0.1) is 18.3 Å². The number of hydrogen-bond donors (Lipinski definition) is 1. The first kappa shape index (κ1) is 21.4. The lowest BCUT2D eigenvalue weighted by molar-refractivity contribution is -0.136. The van der Waals surface area contributed by atoms with Crippen molar-refractivity contribution >= 4 is 17.7 Å². The Bertz CT molecular complexity index is 1140. The molecule has 1 unspecified atom stereocenters. The molecule has 1 atom stereocenters. The van der Waals surface area contributed by atoms with Gasteiger partial charge in [0.1, 0.15) is 6.04 Å². The van der Waals surface area contributed by atoms with Crippen molar-refractivity contribution in [2.45, 2.75) is 44.8 Å². The highest BCUT2D eigenvalue weighted by Gasteiger charge is 2.39. The first-order valence-electron chi connectivity index (χ1n) is 11.5. The number of rotatable bonds is 7. The minimum atomic E-state index is -0.567. The monoisotopic (exact) mass is 445 g/mol. The van der Waals surface area contributed by atoms with Crippen LogP contribution in [0.15, 0.2) is 30.6 Å². The standard InChI is InChI=1S/C25H27N5O3/c1-2-17-12-26-29(15-17)11-10-28-13-18(14-28)6-7-19-4-3-5-20-21(19)16-30(25(20)33)22-8-9-23(31)27-24(22)32/h1,3-5,12,15,18,22H,6-11,13-14,16H2,(H,27,31,32). The van der Waals surface area contributed by atoms with Crippen molar-refractivity contribution in [2.75, 3.05) is 19.6 Å². The van der Waals surface area contributed by atoms with E-state index in [4.69, 9.17) is 6.42 Å². The van der Waals surface area contributed by atoms with Crippen LogP contribution in [0.1, 0.15) is 46.3 Å². The average molecular weight is 446 g/mol. The fourth-order valence-corrected chi connectivity index (χ4v) is 5.09. The molecule has 8 nitrogen and oxygen atoms in total. The second-order valence-electron chi connectivity index (χ2n) is 9.14. The highest BCUT2D eigenvalue weighted by atomic mass is 16.2. The SMILES string of the molecule is C#Cc1cnn(CCN2CC(CCc3cccc4c3CN(C3CCC(=O)NC3=O)C4=O)C2)c1. The third-order valence-corrected chi connectivity index (χ3v) is 6.98. The van der Waals surface area contributed by atoms with Crippen LogP contribution in [0.5, 0.6) is 0 Å². The van der Waals surface area contributed by atoms with E-state index in [-0.39, 0.29) is 24.1 Å². The first-order chi connectivity index (χ1) is 16.0. The number of nitrogens with one attached hydrogen (secondary N) is 1. The van der Waals surface area contributed by atoms with E-state index in [1.54, 1.807) is 11.1 Å². The van der Waals surface area contributed by atoms with Gasteiger partial charge >= 0.3 is 0 Å². The average Bonchev–Trinajstić information content (AvgIpc) is 3.37. The van der Waals surface area contributed by atoms with Crippen LogP contribution in [0, 0.1) is 18.3 Å². The number of likely N-dealkylation sites (tertiary alicyclic amines) is 1. The maximum absolute atomic E-state index is 13.0.